The minimum Gasteiger partial charge on any atom is -0.342 e. The Kier molecular flexibility index (Phi) is 5.77. The third-order valence-electron chi connectivity index (χ3n) is 6.29. The van der Waals surface area contributed by atoms with Gasteiger partial charge in [0.1, 0.15) is 6.33 Å². The number of likely N-dealkylation sites (tertiary alicyclic amines) is 1. The number of allylic oxidation sites excluding steroid dienone is 1. The zero-order valence-electron chi connectivity index (χ0n) is 19.0. The van der Waals surface area contributed by atoms with Gasteiger partial charge < -0.3 is 9.80 Å². The van der Waals surface area contributed by atoms with Crippen LogP contribution in [-0.2, 0) is 0 Å². The lowest BCUT2D eigenvalue weighted by Gasteiger charge is -2.40. The van der Waals surface area contributed by atoms with Crippen molar-refractivity contribution in [2.24, 2.45) is 10.9 Å². The molecule has 4 rings (SSSR count). The van der Waals surface area contributed by atoms with Crippen LogP contribution in [0, 0.1) is 26.7 Å². The van der Waals surface area contributed by atoms with E-state index in [4.69, 9.17) is 4.99 Å². The van der Waals surface area contributed by atoms with Crippen LogP contribution in [0.2, 0.25) is 0 Å². The van der Waals surface area contributed by atoms with E-state index in [1.165, 1.54) is 27.8 Å². The molecule has 1 unspecified atom stereocenters. The van der Waals surface area contributed by atoms with Gasteiger partial charge in [0.05, 0.1) is 11.4 Å². The van der Waals surface area contributed by atoms with Gasteiger partial charge in [-0.25, -0.2) is 15.0 Å². The van der Waals surface area contributed by atoms with Crippen molar-refractivity contribution in [3.8, 4) is 0 Å². The first kappa shape index (κ1) is 21.0. The van der Waals surface area contributed by atoms with Crippen molar-refractivity contribution in [3.63, 3.8) is 0 Å². The first-order chi connectivity index (χ1) is 14.8. The fraction of sp³-hybridized carbons (Fsp3) is 0.346. The summed E-state index contributed by atoms with van der Waals surface area (Å²) in [5.41, 5.74) is 9.04. The summed E-state index contributed by atoms with van der Waals surface area (Å²) in [6.45, 7) is 17.2. The molecule has 1 aromatic heterocycles. The zero-order chi connectivity index (χ0) is 22.1. The van der Waals surface area contributed by atoms with Gasteiger partial charge in [0.25, 0.3) is 0 Å². The van der Waals surface area contributed by atoms with Gasteiger partial charge in [-0.1, -0.05) is 30.9 Å². The van der Waals surface area contributed by atoms with Gasteiger partial charge in [0, 0.05) is 37.9 Å². The number of aryl methyl sites for hydroxylation is 3. The number of hydrogen-bond donors (Lipinski definition) is 0. The molecule has 3 heterocycles. The number of piperidine rings is 1. The molecular weight excluding hydrogens is 382 g/mol. The molecule has 1 saturated heterocycles. The smallest absolute Gasteiger partial charge is 0.206 e. The van der Waals surface area contributed by atoms with Gasteiger partial charge in [0.2, 0.25) is 5.96 Å². The average Bonchev–Trinajstić information content (AvgIpc) is 2.75. The number of aromatic nitrogens is 2. The van der Waals surface area contributed by atoms with Crippen LogP contribution in [0.1, 0.15) is 40.8 Å². The van der Waals surface area contributed by atoms with Crippen LogP contribution in [0.3, 0.4) is 0 Å². The molecule has 0 N–H and O–H groups in total. The average molecular weight is 414 g/mol. The Balaban J connectivity index is 1.61. The summed E-state index contributed by atoms with van der Waals surface area (Å²) in [5, 5.41) is 0. The molecule has 5 heteroatoms. The first-order valence-electron chi connectivity index (χ1n) is 10.9. The molecule has 5 nitrogen and oxygen atoms in total. The third-order valence-corrected chi connectivity index (χ3v) is 6.29. The number of hydrogen-bond acceptors (Lipinski definition) is 5. The van der Waals surface area contributed by atoms with Crippen LogP contribution in [0.15, 0.2) is 60.6 Å². The summed E-state index contributed by atoms with van der Waals surface area (Å²) in [7, 11) is 2.03. The fourth-order valence-electron chi connectivity index (χ4n) is 4.79. The SMILES string of the molecule is C=C(c1c(C)cc(C)cc1C)C1CCCN(C2=NC(c3ccncn3)=CC(=C)N2C)C1. The molecule has 0 spiro atoms. The van der Waals surface area contributed by atoms with Crippen molar-refractivity contribution in [3.05, 3.63) is 83.6 Å². The minimum absolute atomic E-state index is 0.395. The van der Waals surface area contributed by atoms with Crippen LogP contribution in [0.5, 0.6) is 0 Å². The van der Waals surface area contributed by atoms with E-state index < -0.39 is 0 Å². The van der Waals surface area contributed by atoms with Crippen LogP contribution in [0.4, 0.5) is 0 Å². The fourth-order valence-corrected chi connectivity index (χ4v) is 4.79. The summed E-state index contributed by atoms with van der Waals surface area (Å²) < 4.78 is 0. The molecule has 31 heavy (non-hydrogen) atoms. The monoisotopic (exact) mass is 413 g/mol. The van der Waals surface area contributed by atoms with E-state index in [1.54, 1.807) is 12.5 Å². The van der Waals surface area contributed by atoms with E-state index in [0.29, 0.717) is 5.92 Å². The molecule has 0 bridgehead atoms. The number of rotatable bonds is 3. The molecule has 2 aliphatic heterocycles. The maximum Gasteiger partial charge on any atom is 0.206 e. The Morgan fingerprint density at radius 3 is 2.58 bits per heavy atom. The number of nitrogens with zero attached hydrogens (tertiary/aromatic N) is 5. The summed E-state index contributed by atoms with van der Waals surface area (Å²) in [6.07, 6.45) is 7.53. The van der Waals surface area contributed by atoms with E-state index in [0.717, 1.165) is 49.0 Å². The molecule has 2 aliphatic rings. The topological polar surface area (TPSA) is 44.6 Å². The van der Waals surface area contributed by atoms with Gasteiger partial charge >= 0.3 is 0 Å². The molecule has 0 aliphatic carbocycles. The van der Waals surface area contributed by atoms with E-state index in [1.807, 2.05) is 19.2 Å². The Bertz CT molecular complexity index is 1060. The quantitative estimate of drug-likeness (QED) is 0.712. The minimum atomic E-state index is 0.395. The van der Waals surface area contributed by atoms with Crippen molar-refractivity contribution >= 4 is 17.2 Å². The molecule has 0 saturated carbocycles. The van der Waals surface area contributed by atoms with Gasteiger partial charge in [-0.05, 0) is 68.0 Å². The number of guanidine groups is 1. The van der Waals surface area contributed by atoms with E-state index in [2.05, 4.69) is 65.8 Å². The van der Waals surface area contributed by atoms with Crippen LogP contribution < -0.4 is 0 Å². The lowest BCUT2D eigenvalue weighted by molar-refractivity contribution is 0.275. The standard InChI is InChI=1S/C26H31N5/c1-17-12-18(2)25(19(3)13-17)21(5)22-8-7-11-31(15-22)26-29-24(14-20(4)30(26)6)23-9-10-27-16-28-23/h9-10,12-14,16,22H,4-5,7-8,11,15H2,1-3,6H3. The maximum absolute atomic E-state index is 4.97. The van der Waals surface area contributed by atoms with Crippen LogP contribution >= 0.6 is 0 Å². The molecular formula is C26H31N5. The van der Waals surface area contributed by atoms with E-state index in [-0.39, 0.29) is 0 Å². The summed E-state index contributed by atoms with van der Waals surface area (Å²) in [5.74, 6) is 1.32. The summed E-state index contributed by atoms with van der Waals surface area (Å²) >= 11 is 0. The normalized spacial score (nSPS) is 19.2. The largest absolute Gasteiger partial charge is 0.342 e. The maximum atomic E-state index is 4.97. The van der Waals surface area contributed by atoms with Crippen molar-refractivity contribution in [1.29, 1.82) is 0 Å². The Morgan fingerprint density at radius 2 is 1.90 bits per heavy atom. The second-order valence-electron chi connectivity index (χ2n) is 8.67. The molecule has 2 aromatic rings. The summed E-state index contributed by atoms with van der Waals surface area (Å²) in [6, 6.07) is 6.40. The molecule has 1 aromatic carbocycles. The predicted octanol–water partition coefficient (Wildman–Crippen LogP) is 4.98. The molecule has 1 atom stereocenters. The Labute approximate surface area is 185 Å². The number of benzene rings is 1. The Morgan fingerprint density at radius 1 is 1.16 bits per heavy atom. The van der Waals surface area contributed by atoms with Crippen molar-refractivity contribution < 1.29 is 0 Å². The highest BCUT2D eigenvalue weighted by Crippen LogP contribution is 2.35. The molecule has 0 radical (unpaired) electrons. The zero-order valence-corrected chi connectivity index (χ0v) is 19.0. The van der Waals surface area contributed by atoms with E-state index >= 15 is 0 Å². The van der Waals surface area contributed by atoms with Crippen LogP contribution in [0.25, 0.3) is 11.3 Å². The van der Waals surface area contributed by atoms with Crippen LogP contribution in [-0.4, -0.2) is 45.9 Å². The highest BCUT2D eigenvalue weighted by Gasteiger charge is 2.29. The molecule has 160 valence electrons. The highest BCUT2D eigenvalue weighted by atomic mass is 15.4. The van der Waals surface area contributed by atoms with Gasteiger partial charge in [-0.2, -0.15) is 0 Å². The van der Waals surface area contributed by atoms with E-state index in [9.17, 15) is 0 Å². The highest BCUT2D eigenvalue weighted by molar-refractivity contribution is 5.91. The molecule has 1 fully saturated rings. The van der Waals surface area contributed by atoms with Gasteiger partial charge in [-0.15, -0.1) is 0 Å². The van der Waals surface area contributed by atoms with Crippen molar-refractivity contribution in [2.45, 2.75) is 33.6 Å². The lowest BCUT2D eigenvalue weighted by atomic mass is 9.83. The third kappa shape index (κ3) is 4.18. The van der Waals surface area contributed by atoms with Gasteiger partial charge in [-0.3, -0.25) is 0 Å². The van der Waals surface area contributed by atoms with Crippen molar-refractivity contribution in [1.82, 2.24) is 19.8 Å². The van der Waals surface area contributed by atoms with Gasteiger partial charge in [0.15, 0.2) is 0 Å². The second-order valence-corrected chi connectivity index (χ2v) is 8.67. The number of aliphatic imine (C=N–C) groups is 1. The lowest BCUT2D eigenvalue weighted by Crippen LogP contribution is -2.47. The first-order valence-corrected chi connectivity index (χ1v) is 10.9. The predicted molar refractivity (Wildman–Crippen MR) is 128 cm³/mol. The number of likely N-dealkylation sites (N-methyl/N-ethyl adjacent to an activating group) is 1. The summed E-state index contributed by atoms with van der Waals surface area (Å²) in [4.78, 5) is 17.8. The second kappa shape index (κ2) is 8.50. The van der Waals surface area contributed by atoms with Crippen molar-refractivity contribution in [2.75, 3.05) is 20.1 Å². The molecule has 0 amide bonds. The Hall–Kier alpha value is -3.21.